The van der Waals surface area contributed by atoms with Crippen LogP contribution in [0.3, 0.4) is 0 Å². The number of likely N-dealkylation sites (tertiary alicyclic amines) is 1. The highest BCUT2D eigenvalue weighted by molar-refractivity contribution is 6.02. The zero-order valence-corrected chi connectivity index (χ0v) is 25.9. The fraction of sp³-hybridized carbons (Fsp3) is 0.588. The van der Waals surface area contributed by atoms with Crippen molar-refractivity contribution in [3.05, 3.63) is 48.2 Å². The fourth-order valence-electron chi connectivity index (χ4n) is 7.55. The van der Waals surface area contributed by atoms with Gasteiger partial charge in [0.1, 0.15) is 17.8 Å². The van der Waals surface area contributed by atoms with Crippen molar-refractivity contribution in [1.82, 2.24) is 20.5 Å². The first kappa shape index (κ1) is 30.1. The fourth-order valence-corrected chi connectivity index (χ4v) is 7.55. The van der Waals surface area contributed by atoms with Crippen molar-refractivity contribution in [2.24, 2.45) is 28.6 Å². The van der Waals surface area contributed by atoms with E-state index >= 15 is 0 Å². The van der Waals surface area contributed by atoms with E-state index in [2.05, 4.69) is 36.0 Å². The zero-order valence-electron chi connectivity index (χ0n) is 25.9. The molecule has 2 heterocycles. The van der Waals surface area contributed by atoms with Crippen LogP contribution in [0.2, 0.25) is 0 Å². The molecule has 0 spiro atoms. The lowest BCUT2D eigenvalue weighted by Crippen LogP contribution is -2.60. The van der Waals surface area contributed by atoms with Gasteiger partial charge in [-0.05, 0) is 72.1 Å². The Morgan fingerprint density at radius 1 is 1.10 bits per heavy atom. The molecule has 8 heteroatoms. The third-order valence-corrected chi connectivity index (χ3v) is 10.2. The number of nitrogens with zero attached hydrogens (tertiary/aromatic N) is 1. The van der Waals surface area contributed by atoms with E-state index in [1.54, 1.807) is 4.90 Å². The van der Waals surface area contributed by atoms with Gasteiger partial charge in [0.25, 0.3) is 5.91 Å². The van der Waals surface area contributed by atoms with Crippen molar-refractivity contribution in [1.29, 1.82) is 0 Å². The number of hydrogen-bond donors (Lipinski definition) is 3. The molecule has 1 aliphatic heterocycles. The Kier molecular flexibility index (Phi) is 7.88. The Morgan fingerprint density at radius 2 is 1.79 bits per heavy atom. The van der Waals surface area contributed by atoms with E-state index in [4.69, 9.17) is 0 Å². The van der Waals surface area contributed by atoms with E-state index in [0.29, 0.717) is 12.2 Å². The lowest BCUT2D eigenvalue weighted by Gasteiger charge is -2.38. The van der Waals surface area contributed by atoms with Crippen LogP contribution in [-0.2, 0) is 14.4 Å². The lowest BCUT2D eigenvalue weighted by atomic mass is 9.82. The monoisotopic (exact) mass is 574 g/mol. The number of aromatic nitrogens is 1. The Hall–Kier alpha value is -3.42. The minimum atomic E-state index is -0.750. The molecule has 0 radical (unpaired) electrons. The van der Waals surface area contributed by atoms with Gasteiger partial charge in [0, 0.05) is 17.4 Å². The Balaban J connectivity index is 1.43. The highest BCUT2D eigenvalue weighted by Crippen LogP contribution is 2.65. The maximum absolute atomic E-state index is 14.4. The molecule has 2 aromatic rings. The summed E-state index contributed by atoms with van der Waals surface area (Å²) >= 11 is 0. The van der Waals surface area contributed by atoms with Gasteiger partial charge in [-0.25, -0.2) is 0 Å². The zero-order chi connectivity index (χ0) is 30.6. The van der Waals surface area contributed by atoms with Gasteiger partial charge in [-0.2, -0.15) is 0 Å². The van der Waals surface area contributed by atoms with Crippen LogP contribution in [0.5, 0.6) is 0 Å². The van der Waals surface area contributed by atoms with Crippen LogP contribution in [0.4, 0.5) is 0 Å². The molecule has 3 N–H and O–H groups in total. The number of aryl methyl sites for hydroxylation is 1. The number of benzene rings is 1. The van der Waals surface area contributed by atoms with Crippen molar-refractivity contribution in [3.8, 4) is 0 Å². The van der Waals surface area contributed by atoms with Gasteiger partial charge in [-0.15, -0.1) is 0 Å². The third-order valence-electron chi connectivity index (χ3n) is 10.2. The van der Waals surface area contributed by atoms with Crippen LogP contribution in [0.15, 0.2) is 36.9 Å². The summed E-state index contributed by atoms with van der Waals surface area (Å²) in [4.78, 5) is 59.7. The number of fused-ring (bicyclic) bond motifs is 2. The number of rotatable bonds is 8. The number of hydrogen-bond acceptors (Lipinski definition) is 4. The molecule has 3 fully saturated rings. The molecule has 1 saturated heterocycles. The minimum Gasteiger partial charge on any atom is -0.351 e. The largest absolute Gasteiger partial charge is 0.351 e. The molecule has 42 heavy (non-hydrogen) atoms. The van der Waals surface area contributed by atoms with Gasteiger partial charge in [0.05, 0.1) is 6.04 Å². The second-order valence-corrected chi connectivity index (χ2v) is 14.4. The van der Waals surface area contributed by atoms with Gasteiger partial charge in [-0.3, -0.25) is 19.2 Å². The predicted octanol–water partition coefficient (Wildman–Crippen LogP) is 4.92. The number of piperidine rings is 1. The molecule has 1 unspecified atom stereocenters. The molecule has 1 aromatic carbocycles. The van der Waals surface area contributed by atoms with E-state index in [-0.39, 0.29) is 46.7 Å². The standard InChI is InChI=1S/C34H46N4O4/c1-8-25(39)29(33(3,4)5)37-31(41)28-26-22(34(26,6)7)18-38(28)32(42)27(20-14-10-9-11-15-20)36-30(40)24-17-21-19(2)13-12-16-23(21)35-24/h8,12-13,16-17,20,22,26-29,35H,1,9-11,14-15,18H2,2-7H3,(H,36,40)(H,37,41)/t22?,26-,27-,28-,29+/m0/s1. The number of H-pyrrole nitrogens is 1. The predicted molar refractivity (Wildman–Crippen MR) is 164 cm³/mol. The number of amides is 3. The molecule has 0 bridgehead atoms. The molecule has 3 amide bonds. The lowest BCUT2D eigenvalue weighted by molar-refractivity contribution is -0.144. The summed E-state index contributed by atoms with van der Waals surface area (Å²) < 4.78 is 0. The van der Waals surface area contributed by atoms with E-state index in [9.17, 15) is 19.2 Å². The normalized spacial score (nSPS) is 24.9. The maximum atomic E-state index is 14.4. The molecule has 1 aromatic heterocycles. The smallest absolute Gasteiger partial charge is 0.268 e. The highest BCUT2D eigenvalue weighted by Gasteiger charge is 2.69. The van der Waals surface area contributed by atoms with Gasteiger partial charge >= 0.3 is 0 Å². The van der Waals surface area contributed by atoms with Crippen molar-refractivity contribution < 1.29 is 19.2 Å². The van der Waals surface area contributed by atoms with Crippen molar-refractivity contribution >= 4 is 34.4 Å². The van der Waals surface area contributed by atoms with Crippen molar-refractivity contribution in [3.63, 3.8) is 0 Å². The molecule has 8 nitrogen and oxygen atoms in total. The molecule has 2 saturated carbocycles. The quantitative estimate of drug-likeness (QED) is 0.389. The summed E-state index contributed by atoms with van der Waals surface area (Å²) in [5.74, 6) is -0.882. The Bertz CT molecular complexity index is 1410. The maximum Gasteiger partial charge on any atom is 0.268 e. The van der Waals surface area contributed by atoms with Crippen LogP contribution in [0, 0.1) is 35.5 Å². The van der Waals surface area contributed by atoms with Gasteiger partial charge in [0.2, 0.25) is 11.8 Å². The van der Waals surface area contributed by atoms with Gasteiger partial charge in [0.15, 0.2) is 5.78 Å². The summed E-state index contributed by atoms with van der Waals surface area (Å²) in [6.07, 6.45) is 6.09. The summed E-state index contributed by atoms with van der Waals surface area (Å²) in [5.41, 5.74) is 1.76. The second kappa shape index (κ2) is 11.0. The first-order valence-corrected chi connectivity index (χ1v) is 15.4. The SMILES string of the molecule is C=CC(=O)[C@@H](NC(=O)[C@@H]1[C@@H]2C(CN1C(=O)[C@@H](NC(=O)c1cc3c(C)cccc3[nH]1)C1CCCCC1)C2(C)C)C(C)(C)C. The highest BCUT2D eigenvalue weighted by atomic mass is 16.2. The average Bonchev–Trinajstić information content (AvgIpc) is 3.33. The number of carbonyl (C=O) groups excluding carboxylic acids is 4. The van der Waals surface area contributed by atoms with Crippen LogP contribution in [-0.4, -0.2) is 58.1 Å². The molecule has 226 valence electrons. The van der Waals surface area contributed by atoms with E-state index in [0.717, 1.165) is 48.6 Å². The van der Waals surface area contributed by atoms with Crippen LogP contribution >= 0.6 is 0 Å². The molecule has 5 atom stereocenters. The summed E-state index contributed by atoms with van der Waals surface area (Å²) in [6, 6.07) is 5.56. The second-order valence-electron chi connectivity index (χ2n) is 14.4. The molecular weight excluding hydrogens is 528 g/mol. The summed E-state index contributed by atoms with van der Waals surface area (Å²) in [6.45, 7) is 16.1. The van der Waals surface area contributed by atoms with E-state index < -0.39 is 23.5 Å². The van der Waals surface area contributed by atoms with Gasteiger partial charge in [-0.1, -0.05) is 72.6 Å². The topological polar surface area (TPSA) is 111 Å². The molecule has 5 rings (SSSR count). The summed E-state index contributed by atoms with van der Waals surface area (Å²) in [7, 11) is 0. The van der Waals surface area contributed by atoms with Crippen LogP contribution in [0.25, 0.3) is 10.9 Å². The number of carbonyl (C=O) groups is 4. The van der Waals surface area contributed by atoms with Crippen molar-refractivity contribution in [2.75, 3.05) is 6.54 Å². The van der Waals surface area contributed by atoms with Crippen LogP contribution < -0.4 is 10.6 Å². The molecule has 2 aliphatic carbocycles. The van der Waals surface area contributed by atoms with Gasteiger partial charge < -0.3 is 20.5 Å². The van der Waals surface area contributed by atoms with E-state index in [1.165, 1.54) is 6.08 Å². The number of aromatic amines is 1. The third kappa shape index (κ3) is 5.40. The summed E-state index contributed by atoms with van der Waals surface area (Å²) in [5, 5.41) is 7.07. The van der Waals surface area contributed by atoms with Crippen LogP contribution in [0.1, 0.15) is 82.8 Å². The minimum absolute atomic E-state index is 0.000269. The number of nitrogens with one attached hydrogen (secondary N) is 3. The first-order chi connectivity index (χ1) is 19.8. The Morgan fingerprint density at radius 3 is 2.40 bits per heavy atom. The molecular formula is C34H46N4O4. The Labute approximate surface area is 249 Å². The average molecular weight is 575 g/mol. The van der Waals surface area contributed by atoms with Crippen molar-refractivity contribution in [2.45, 2.75) is 91.8 Å². The van der Waals surface area contributed by atoms with E-state index in [1.807, 2.05) is 52.0 Å². The first-order valence-electron chi connectivity index (χ1n) is 15.4. The molecule has 3 aliphatic rings. The number of ketones is 1.